The molecule has 0 aliphatic heterocycles. The van der Waals surface area contributed by atoms with Crippen LogP contribution in [0.2, 0.25) is 0 Å². The van der Waals surface area contributed by atoms with Gasteiger partial charge in [0.1, 0.15) is 11.9 Å². The monoisotopic (exact) mass is 299 g/mol. The molecule has 1 unspecified atom stereocenters. The Balaban J connectivity index is 2.45. The molecule has 0 fully saturated rings. The molecule has 1 rings (SSSR count). The largest absolute Gasteiger partial charge is 0.465 e. The number of carbonyl (C=O) groups is 1. The van der Waals surface area contributed by atoms with E-state index in [2.05, 4.69) is 5.32 Å². The summed E-state index contributed by atoms with van der Waals surface area (Å²) in [6.07, 6.45) is 0.680. The Morgan fingerprint density at radius 3 is 2.55 bits per heavy atom. The smallest absolute Gasteiger partial charge is 0.323 e. The molecule has 3 nitrogen and oxygen atoms in total. The van der Waals surface area contributed by atoms with E-state index < -0.39 is 0 Å². The van der Waals surface area contributed by atoms with E-state index >= 15 is 0 Å². The third-order valence-corrected chi connectivity index (χ3v) is 3.64. The van der Waals surface area contributed by atoms with Crippen molar-refractivity contribution in [1.29, 1.82) is 0 Å². The Morgan fingerprint density at radius 1 is 1.35 bits per heavy atom. The summed E-state index contributed by atoms with van der Waals surface area (Å²) in [5.41, 5.74) is 0. The van der Waals surface area contributed by atoms with Crippen LogP contribution in [0.3, 0.4) is 0 Å². The number of esters is 1. The van der Waals surface area contributed by atoms with Gasteiger partial charge < -0.3 is 10.1 Å². The minimum absolute atomic E-state index is 0.207. The maximum absolute atomic E-state index is 12.8. The van der Waals surface area contributed by atoms with E-state index in [0.29, 0.717) is 13.0 Å². The number of hydrogen-bond acceptors (Lipinski definition) is 4. The third-order valence-electron chi connectivity index (χ3n) is 2.59. The second kappa shape index (κ2) is 8.97. The lowest BCUT2D eigenvalue weighted by Crippen LogP contribution is -2.42. The molecule has 0 saturated heterocycles. The van der Waals surface area contributed by atoms with Gasteiger partial charge >= 0.3 is 5.97 Å². The molecule has 0 bridgehead atoms. The Hall–Kier alpha value is -1.07. The van der Waals surface area contributed by atoms with Crippen molar-refractivity contribution in [2.24, 2.45) is 0 Å². The van der Waals surface area contributed by atoms with Gasteiger partial charge in [0.15, 0.2) is 0 Å². The normalized spacial score (nSPS) is 12.4. The molecule has 1 aromatic carbocycles. The first-order valence-electron chi connectivity index (χ1n) is 6.84. The van der Waals surface area contributed by atoms with Gasteiger partial charge in [0.2, 0.25) is 0 Å². The van der Waals surface area contributed by atoms with Gasteiger partial charge in [-0.05, 0) is 37.6 Å². The van der Waals surface area contributed by atoms with Gasteiger partial charge in [-0.3, -0.25) is 4.79 Å². The second-order valence-electron chi connectivity index (χ2n) is 4.72. The summed E-state index contributed by atoms with van der Waals surface area (Å²) in [7, 11) is 0. The highest BCUT2D eigenvalue weighted by Gasteiger charge is 2.19. The van der Waals surface area contributed by atoms with E-state index in [9.17, 15) is 9.18 Å². The molecular weight excluding hydrogens is 277 g/mol. The Morgan fingerprint density at radius 2 is 2.00 bits per heavy atom. The number of ether oxygens (including phenoxy) is 1. The van der Waals surface area contributed by atoms with E-state index in [0.717, 1.165) is 10.6 Å². The van der Waals surface area contributed by atoms with E-state index in [1.165, 1.54) is 12.1 Å². The van der Waals surface area contributed by atoms with E-state index in [4.69, 9.17) is 4.74 Å². The fourth-order valence-electron chi connectivity index (χ4n) is 1.74. The summed E-state index contributed by atoms with van der Waals surface area (Å²) in [6, 6.07) is 6.31. The summed E-state index contributed by atoms with van der Waals surface area (Å²) < 4.78 is 17.9. The number of hydrogen-bond donors (Lipinski definition) is 1. The van der Waals surface area contributed by atoms with Gasteiger partial charge in [0.25, 0.3) is 0 Å². The molecule has 20 heavy (non-hydrogen) atoms. The molecule has 1 N–H and O–H groups in total. The van der Waals surface area contributed by atoms with Crippen LogP contribution in [0.15, 0.2) is 29.2 Å². The van der Waals surface area contributed by atoms with Gasteiger partial charge in [-0.1, -0.05) is 13.8 Å². The maximum Gasteiger partial charge on any atom is 0.323 e. The number of benzene rings is 1. The maximum atomic E-state index is 12.8. The molecule has 0 aliphatic rings. The Labute approximate surface area is 124 Å². The minimum Gasteiger partial charge on any atom is -0.465 e. The van der Waals surface area contributed by atoms with Crippen molar-refractivity contribution in [3.8, 4) is 0 Å². The van der Waals surface area contributed by atoms with Crippen molar-refractivity contribution in [3.05, 3.63) is 30.1 Å². The van der Waals surface area contributed by atoms with Crippen molar-refractivity contribution < 1.29 is 13.9 Å². The van der Waals surface area contributed by atoms with Crippen molar-refractivity contribution in [2.75, 3.05) is 12.4 Å². The van der Waals surface area contributed by atoms with Crippen LogP contribution in [0.25, 0.3) is 0 Å². The van der Waals surface area contributed by atoms with Gasteiger partial charge in [-0.2, -0.15) is 0 Å². The molecule has 0 amide bonds. The number of halogens is 1. The summed E-state index contributed by atoms with van der Waals surface area (Å²) >= 11 is 1.61. The molecule has 1 atom stereocenters. The average Bonchev–Trinajstić information content (AvgIpc) is 2.39. The molecule has 0 heterocycles. The predicted molar refractivity (Wildman–Crippen MR) is 80.4 cm³/mol. The number of thioether (sulfide) groups is 1. The SMILES string of the molecule is CCOC(=O)C(CCSc1ccc(F)cc1)NC(C)C. The van der Waals surface area contributed by atoms with Crippen molar-refractivity contribution >= 4 is 17.7 Å². The number of rotatable bonds is 8. The highest BCUT2D eigenvalue weighted by molar-refractivity contribution is 7.99. The molecule has 0 aromatic heterocycles. The van der Waals surface area contributed by atoms with Crippen LogP contribution < -0.4 is 5.32 Å². The Kier molecular flexibility index (Phi) is 7.62. The molecular formula is C15H22FNO2S. The van der Waals surface area contributed by atoms with E-state index in [-0.39, 0.29) is 23.9 Å². The standard InChI is InChI=1S/C15H22FNO2S/c1-4-19-15(18)14(17-11(2)3)9-10-20-13-7-5-12(16)6-8-13/h5-8,11,14,17H,4,9-10H2,1-3H3. The molecule has 0 spiro atoms. The highest BCUT2D eigenvalue weighted by atomic mass is 32.2. The Bertz CT molecular complexity index is 409. The van der Waals surface area contributed by atoms with E-state index in [1.54, 1.807) is 30.8 Å². The topological polar surface area (TPSA) is 38.3 Å². The lowest BCUT2D eigenvalue weighted by Gasteiger charge is -2.19. The van der Waals surface area contributed by atoms with Crippen LogP contribution in [-0.4, -0.2) is 30.4 Å². The lowest BCUT2D eigenvalue weighted by atomic mass is 10.2. The summed E-state index contributed by atoms with van der Waals surface area (Å²) in [5, 5.41) is 3.21. The van der Waals surface area contributed by atoms with Crippen molar-refractivity contribution in [2.45, 2.75) is 44.2 Å². The molecule has 5 heteroatoms. The molecule has 1 aromatic rings. The zero-order chi connectivity index (χ0) is 15.0. The first kappa shape index (κ1) is 17.0. The van der Waals surface area contributed by atoms with Gasteiger partial charge in [-0.25, -0.2) is 4.39 Å². The summed E-state index contributed by atoms with van der Waals surface area (Å²) in [6.45, 7) is 6.19. The average molecular weight is 299 g/mol. The lowest BCUT2D eigenvalue weighted by molar-refractivity contribution is -0.145. The molecule has 112 valence electrons. The predicted octanol–water partition coefficient (Wildman–Crippen LogP) is 3.24. The summed E-state index contributed by atoms with van der Waals surface area (Å²) in [5.74, 6) is 0.329. The van der Waals surface area contributed by atoms with Crippen LogP contribution in [-0.2, 0) is 9.53 Å². The van der Waals surface area contributed by atoms with E-state index in [1.807, 2.05) is 13.8 Å². The van der Waals surface area contributed by atoms with Crippen LogP contribution in [0, 0.1) is 5.82 Å². The van der Waals surface area contributed by atoms with Gasteiger partial charge in [-0.15, -0.1) is 11.8 Å². The number of nitrogens with one attached hydrogen (secondary N) is 1. The zero-order valence-corrected chi connectivity index (χ0v) is 13.0. The van der Waals surface area contributed by atoms with Gasteiger partial charge in [0.05, 0.1) is 6.61 Å². The first-order valence-corrected chi connectivity index (χ1v) is 7.82. The zero-order valence-electron chi connectivity index (χ0n) is 12.2. The van der Waals surface area contributed by atoms with Crippen LogP contribution in [0.4, 0.5) is 4.39 Å². The van der Waals surface area contributed by atoms with Gasteiger partial charge in [0, 0.05) is 16.7 Å². The van der Waals surface area contributed by atoms with Crippen LogP contribution in [0.1, 0.15) is 27.2 Å². The summed E-state index contributed by atoms with van der Waals surface area (Å²) in [4.78, 5) is 12.8. The van der Waals surface area contributed by atoms with Crippen molar-refractivity contribution in [3.63, 3.8) is 0 Å². The minimum atomic E-state index is -0.289. The molecule has 0 radical (unpaired) electrons. The van der Waals surface area contributed by atoms with Crippen LogP contribution >= 0.6 is 11.8 Å². The quantitative estimate of drug-likeness (QED) is 0.591. The molecule has 0 aliphatic carbocycles. The first-order chi connectivity index (χ1) is 9.52. The molecule has 0 saturated carbocycles. The van der Waals surface area contributed by atoms with Crippen molar-refractivity contribution in [1.82, 2.24) is 5.32 Å². The number of carbonyl (C=O) groups excluding carboxylic acids is 1. The fourth-order valence-corrected chi connectivity index (χ4v) is 2.66. The fraction of sp³-hybridized carbons (Fsp3) is 0.533. The second-order valence-corrected chi connectivity index (χ2v) is 5.89. The van der Waals surface area contributed by atoms with Crippen LogP contribution in [0.5, 0.6) is 0 Å². The third kappa shape index (κ3) is 6.39. The highest BCUT2D eigenvalue weighted by Crippen LogP contribution is 2.19.